The van der Waals surface area contributed by atoms with Crippen molar-refractivity contribution in [3.63, 3.8) is 0 Å². The standard InChI is InChI=1S/C26H32Cl2N6O2S2/c1-16-12-21(27)30-24(28)23(16)25(35)29-8-4-18(3)33-9-5-20(6-10-33)34(14-19-7-11-37-15-19)26(36)31-22-13-17(2)32-38-22/h7,11-13,15,18,20H,4-6,8-10,14H2,1-3H3,(H,29,35)(H,31,36). The molecule has 1 atom stereocenters. The summed E-state index contributed by atoms with van der Waals surface area (Å²) in [6, 6.07) is 5.95. The molecule has 3 aromatic heterocycles. The van der Waals surface area contributed by atoms with Crippen LogP contribution in [0.3, 0.4) is 0 Å². The average Bonchev–Trinajstić information content (AvgIpc) is 3.53. The molecule has 0 aromatic carbocycles. The normalized spacial score (nSPS) is 15.3. The number of carbonyl (C=O) groups is 2. The van der Waals surface area contributed by atoms with Crippen LogP contribution in [0.5, 0.6) is 0 Å². The van der Waals surface area contributed by atoms with E-state index in [-0.39, 0.29) is 34.3 Å². The number of pyridine rings is 1. The fourth-order valence-electron chi connectivity index (χ4n) is 4.72. The molecule has 4 heterocycles. The largest absolute Gasteiger partial charge is 0.352 e. The molecule has 1 aliphatic heterocycles. The molecule has 1 unspecified atom stereocenters. The fraction of sp³-hybridized carbons (Fsp3) is 0.462. The number of anilines is 1. The number of halogens is 2. The van der Waals surface area contributed by atoms with E-state index in [4.69, 9.17) is 23.2 Å². The lowest BCUT2D eigenvalue weighted by molar-refractivity contribution is 0.0919. The molecule has 204 valence electrons. The SMILES string of the molecule is Cc1cc(NC(=O)N(Cc2ccsc2)C2CCN(C(C)CCNC(=O)c3c(C)cc(Cl)nc3Cl)CC2)sn1. The van der Waals surface area contributed by atoms with E-state index in [0.29, 0.717) is 24.2 Å². The maximum Gasteiger partial charge on any atom is 0.323 e. The molecule has 3 aromatic rings. The Morgan fingerprint density at radius 3 is 2.63 bits per heavy atom. The quantitative estimate of drug-likeness (QED) is 0.286. The Morgan fingerprint density at radius 1 is 1.24 bits per heavy atom. The minimum Gasteiger partial charge on any atom is -0.352 e. The molecule has 0 aliphatic carbocycles. The van der Waals surface area contributed by atoms with Gasteiger partial charge in [0.05, 0.1) is 11.3 Å². The van der Waals surface area contributed by atoms with Crippen LogP contribution in [-0.2, 0) is 6.54 Å². The van der Waals surface area contributed by atoms with Gasteiger partial charge in [-0.05, 0) is 91.7 Å². The summed E-state index contributed by atoms with van der Waals surface area (Å²) in [7, 11) is 0. The Kier molecular flexibility index (Phi) is 10.00. The number of carbonyl (C=O) groups excluding carboxylic acids is 2. The lowest BCUT2D eigenvalue weighted by atomic mass is 10.0. The number of likely N-dealkylation sites (tertiary alicyclic amines) is 1. The molecule has 0 radical (unpaired) electrons. The summed E-state index contributed by atoms with van der Waals surface area (Å²) >= 11 is 15.0. The first-order chi connectivity index (χ1) is 18.2. The molecule has 12 heteroatoms. The third kappa shape index (κ3) is 7.45. The highest BCUT2D eigenvalue weighted by Gasteiger charge is 2.30. The number of aromatic nitrogens is 2. The van der Waals surface area contributed by atoms with Crippen LogP contribution in [0.4, 0.5) is 9.80 Å². The molecular weight excluding hydrogens is 563 g/mol. The van der Waals surface area contributed by atoms with Gasteiger partial charge in [0.25, 0.3) is 5.91 Å². The first kappa shape index (κ1) is 28.8. The Balaban J connectivity index is 1.29. The van der Waals surface area contributed by atoms with Crippen LogP contribution in [0.1, 0.15) is 53.4 Å². The Hall–Kier alpha value is -2.24. The summed E-state index contributed by atoms with van der Waals surface area (Å²) < 4.78 is 4.27. The molecule has 3 amide bonds. The first-order valence-electron chi connectivity index (χ1n) is 12.6. The van der Waals surface area contributed by atoms with E-state index in [2.05, 4.69) is 43.3 Å². The zero-order chi connectivity index (χ0) is 27.2. The van der Waals surface area contributed by atoms with Gasteiger partial charge in [0.2, 0.25) is 0 Å². The van der Waals surface area contributed by atoms with Gasteiger partial charge in [-0.3, -0.25) is 10.1 Å². The van der Waals surface area contributed by atoms with Gasteiger partial charge in [-0.2, -0.15) is 15.7 Å². The van der Waals surface area contributed by atoms with Crippen molar-refractivity contribution >= 4 is 63.0 Å². The molecule has 38 heavy (non-hydrogen) atoms. The van der Waals surface area contributed by atoms with E-state index in [1.165, 1.54) is 11.5 Å². The van der Waals surface area contributed by atoms with Crippen LogP contribution >= 0.6 is 46.1 Å². The Bertz CT molecular complexity index is 1220. The molecule has 2 N–H and O–H groups in total. The number of piperidine rings is 1. The zero-order valence-corrected chi connectivity index (χ0v) is 24.8. The first-order valence-corrected chi connectivity index (χ1v) is 15.1. The van der Waals surface area contributed by atoms with E-state index >= 15 is 0 Å². The maximum atomic E-state index is 13.3. The monoisotopic (exact) mass is 594 g/mol. The van der Waals surface area contributed by atoms with Crippen LogP contribution in [0.2, 0.25) is 10.3 Å². The highest BCUT2D eigenvalue weighted by atomic mass is 35.5. The number of nitrogens with one attached hydrogen (secondary N) is 2. The van der Waals surface area contributed by atoms with Crippen LogP contribution < -0.4 is 10.6 Å². The molecule has 0 saturated carbocycles. The van der Waals surface area contributed by atoms with Crippen molar-refractivity contribution in [3.8, 4) is 0 Å². The van der Waals surface area contributed by atoms with E-state index in [0.717, 1.165) is 48.6 Å². The number of nitrogens with zero attached hydrogens (tertiary/aromatic N) is 4. The third-order valence-corrected chi connectivity index (χ3v) is 8.83. The fourth-order valence-corrected chi connectivity index (χ4v) is 6.65. The highest BCUT2D eigenvalue weighted by Crippen LogP contribution is 2.25. The van der Waals surface area contributed by atoms with Gasteiger partial charge < -0.3 is 15.1 Å². The second kappa shape index (κ2) is 13.2. The van der Waals surface area contributed by atoms with E-state index in [9.17, 15) is 9.59 Å². The summed E-state index contributed by atoms with van der Waals surface area (Å²) in [5.41, 5.74) is 3.10. The summed E-state index contributed by atoms with van der Waals surface area (Å²) in [6.45, 7) is 8.78. The predicted molar refractivity (Wildman–Crippen MR) is 156 cm³/mol. The van der Waals surface area contributed by atoms with Gasteiger partial charge >= 0.3 is 6.03 Å². The molecule has 0 bridgehead atoms. The van der Waals surface area contributed by atoms with Crippen molar-refractivity contribution in [2.75, 3.05) is 25.0 Å². The van der Waals surface area contributed by atoms with Gasteiger partial charge in [0.1, 0.15) is 15.3 Å². The van der Waals surface area contributed by atoms with E-state index in [1.807, 2.05) is 23.3 Å². The second-order valence-corrected chi connectivity index (χ2v) is 11.9. The van der Waals surface area contributed by atoms with Crippen LogP contribution in [-0.4, -0.2) is 62.8 Å². The number of urea groups is 1. The number of aryl methyl sites for hydroxylation is 2. The molecule has 0 spiro atoms. The van der Waals surface area contributed by atoms with Gasteiger partial charge in [0.15, 0.2) is 0 Å². The van der Waals surface area contributed by atoms with Crippen LogP contribution in [0.15, 0.2) is 29.0 Å². The van der Waals surface area contributed by atoms with Crippen LogP contribution in [0, 0.1) is 13.8 Å². The predicted octanol–water partition coefficient (Wildman–Crippen LogP) is 6.23. The van der Waals surface area contributed by atoms with Gasteiger partial charge in [-0.1, -0.05) is 23.2 Å². The lowest BCUT2D eigenvalue weighted by Crippen LogP contribution is -2.50. The number of thiophene rings is 1. The second-order valence-electron chi connectivity index (χ2n) is 9.61. The molecule has 1 aliphatic rings. The molecule has 8 nitrogen and oxygen atoms in total. The topological polar surface area (TPSA) is 90.5 Å². The van der Waals surface area contributed by atoms with E-state index in [1.54, 1.807) is 24.3 Å². The van der Waals surface area contributed by atoms with Gasteiger partial charge in [-0.15, -0.1) is 0 Å². The Labute approximate surface area is 241 Å². The number of amides is 3. The summed E-state index contributed by atoms with van der Waals surface area (Å²) in [5, 5.41) is 11.3. The minimum absolute atomic E-state index is 0.0836. The van der Waals surface area contributed by atoms with Gasteiger partial charge in [-0.25, -0.2) is 9.78 Å². The van der Waals surface area contributed by atoms with E-state index < -0.39 is 0 Å². The highest BCUT2D eigenvalue weighted by molar-refractivity contribution is 7.10. The number of hydrogen-bond donors (Lipinski definition) is 2. The zero-order valence-electron chi connectivity index (χ0n) is 21.7. The minimum atomic E-state index is -0.242. The average molecular weight is 596 g/mol. The maximum absolute atomic E-state index is 13.3. The molecular formula is C26H32Cl2N6O2S2. The van der Waals surface area contributed by atoms with Crippen molar-refractivity contribution in [1.82, 2.24) is 24.5 Å². The number of hydrogen-bond acceptors (Lipinski definition) is 7. The molecule has 4 rings (SSSR count). The number of rotatable bonds is 9. The van der Waals surface area contributed by atoms with Crippen molar-refractivity contribution < 1.29 is 9.59 Å². The van der Waals surface area contributed by atoms with Gasteiger partial charge in [0, 0.05) is 38.3 Å². The lowest BCUT2D eigenvalue weighted by Gasteiger charge is -2.40. The summed E-state index contributed by atoms with van der Waals surface area (Å²) in [5.74, 6) is -0.242. The summed E-state index contributed by atoms with van der Waals surface area (Å²) in [6.07, 6.45) is 2.58. The van der Waals surface area contributed by atoms with Crippen molar-refractivity contribution in [2.45, 2.75) is 58.7 Å². The smallest absolute Gasteiger partial charge is 0.323 e. The third-order valence-electron chi connectivity index (χ3n) is 6.83. The molecule has 1 fully saturated rings. The molecule has 1 saturated heterocycles. The van der Waals surface area contributed by atoms with Crippen molar-refractivity contribution in [1.29, 1.82) is 0 Å². The Morgan fingerprint density at radius 2 is 2.00 bits per heavy atom. The summed E-state index contributed by atoms with van der Waals surface area (Å²) in [4.78, 5) is 34.3. The van der Waals surface area contributed by atoms with Crippen molar-refractivity contribution in [2.24, 2.45) is 0 Å². The van der Waals surface area contributed by atoms with Crippen molar-refractivity contribution in [3.05, 3.63) is 61.6 Å². The van der Waals surface area contributed by atoms with Crippen LogP contribution in [0.25, 0.3) is 0 Å².